The molecule has 0 fully saturated rings. The van der Waals surface area contributed by atoms with E-state index in [1.54, 1.807) is 30.3 Å². The Bertz CT molecular complexity index is 353. The van der Waals surface area contributed by atoms with Crippen LogP contribution >= 0.6 is 12.6 Å². The van der Waals surface area contributed by atoms with Crippen molar-refractivity contribution in [3.05, 3.63) is 35.9 Å². The highest BCUT2D eigenvalue weighted by Crippen LogP contribution is 2.12. The minimum atomic E-state index is -1.09. The van der Waals surface area contributed by atoms with E-state index in [0.29, 0.717) is 5.56 Å². The number of carbonyl (C=O) groups excluding carboxylic acids is 1. The average Bonchev–Trinajstić information content (AvgIpc) is 2.26. The molecule has 5 heteroatoms. The van der Waals surface area contributed by atoms with Crippen molar-refractivity contribution in [3.8, 4) is 0 Å². The number of carboxylic acid groups (broad SMARTS) is 1. The lowest BCUT2D eigenvalue weighted by molar-refractivity contribution is -0.141. The predicted octanol–water partition coefficient (Wildman–Crippen LogP) is 0.858. The number of nitrogens with one attached hydrogen (secondary N) is 1. The number of hydrogen-bond donors (Lipinski definition) is 3. The van der Waals surface area contributed by atoms with Crippen LogP contribution in [0.4, 0.5) is 0 Å². The van der Waals surface area contributed by atoms with E-state index in [2.05, 4.69) is 17.9 Å². The molecule has 1 atom stereocenters. The summed E-state index contributed by atoms with van der Waals surface area (Å²) < 4.78 is 0. The molecule has 1 amide bonds. The number of benzene rings is 1. The van der Waals surface area contributed by atoms with Gasteiger partial charge in [0.05, 0.1) is 5.75 Å². The van der Waals surface area contributed by atoms with E-state index in [4.69, 9.17) is 5.11 Å². The van der Waals surface area contributed by atoms with E-state index < -0.39 is 17.9 Å². The number of carbonyl (C=O) groups is 2. The number of hydrogen-bond acceptors (Lipinski definition) is 3. The van der Waals surface area contributed by atoms with Gasteiger partial charge in [0.15, 0.2) is 6.04 Å². The Morgan fingerprint density at radius 3 is 2.40 bits per heavy atom. The lowest BCUT2D eigenvalue weighted by Crippen LogP contribution is -2.34. The van der Waals surface area contributed by atoms with Gasteiger partial charge >= 0.3 is 5.97 Å². The van der Waals surface area contributed by atoms with Gasteiger partial charge in [-0.1, -0.05) is 30.3 Å². The third-order valence-electron chi connectivity index (χ3n) is 1.83. The number of aliphatic carboxylic acids is 1. The molecule has 1 aromatic rings. The fraction of sp³-hybridized carbons (Fsp3) is 0.200. The molecule has 0 radical (unpaired) electrons. The summed E-state index contributed by atoms with van der Waals surface area (Å²) in [6, 6.07) is 7.51. The van der Waals surface area contributed by atoms with Gasteiger partial charge in [0.2, 0.25) is 5.91 Å². The molecular weight excluding hydrogens is 214 g/mol. The molecule has 80 valence electrons. The van der Waals surface area contributed by atoms with E-state index in [1.165, 1.54) is 0 Å². The Balaban J connectivity index is 2.84. The highest BCUT2D eigenvalue weighted by molar-refractivity contribution is 7.81. The molecule has 0 aliphatic heterocycles. The van der Waals surface area contributed by atoms with Crippen LogP contribution in [-0.4, -0.2) is 22.7 Å². The third kappa shape index (κ3) is 3.28. The Morgan fingerprint density at radius 2 is 1.93 bits per heavy atom. The van der Waals surface area contributed by atoms with Gasteiger partial charge in [-0.15, -0.1) is 0 Å². The highest BCUT2D eigenvalue weighted by Gasteiger charge is 2.20. The van der Waals surface area contributed by atoms with Gasteiger partial charge in [0.25, 0.3) is 0 Å². The standard InChI is InChI=1S/C10H11NO3S/c12-8(6-15)11-9(10(13)14)7-4-2-1-3-5-7/h1-5,9,15H,6H2,(H,11,12)(H,13,14)/t9-/m0/s1. The molecule has 15 heavy (non-hydrogen) atoms. The quantitative estimate of drug-likeness (QED) is 0.666. The van der Waals surface area contributed by atoms with Crippen molar-refractivity contribution >= 4 is 24.5 Å². The summed E-state index contributed by atoms with van der Waals surface area (Å²) in [5, 5.41) is 11.3. The molecule has 1 aromatic carbocycles. The van der Waals surface area contributed by atoms with E-state index in [-0.39, 0.29) is 5.75 Å². The fourth-order valence-electron chi connectivity index (χ4n) is 1.14. The molecule has 0 heterocycles. The van der Waals surface area contributed by atoms with E-state index in [1.807, 2.05) is 0 Å². The van der Waals surface area contributed by atoms with Crippen molar-refractivity contribution in [1.82, 2.24) is 5.32 Å². The van der Waals surface area contributed by atoms with Crippen molar-refractivity contribution in [3.63, 3.8) is 0 Å². The maximum absolute atomic E-state index is 11.0. The lowest BCUT2D eigenvalue weighted by Gasteiger charge is -2.13. The molecule has 0 aliphatic rings. The predicted molar refractivity (Wildman–Crippen MR) is 58.8 cm³/mol. The Kier molecular flexibility index (Phi) is 4.17. The minimum absolute atomic E-state index is 0.0311. The van der Waals surface area contributed by atoms with E-state index >= 15 is 0 Å². The van der Waals surface area contributed by atoms with Crippen LogP contribution in [0.5, 0.6) is 0 Å². The first-order valence-electron chi connectivity index (χ1n) is 4.33. The zero-order chi connectivity index (χ0) is 11.3. The molecule has 0 bridgehead atoms. The fourth-order valence-corrected chi connectivity index (χ4v) is 1.23. The summed E-state index contributed by atoms with van der Waals surface area (Å²) in [7, 11) is 0. The molecule has 0 saturated heterocycles. The molecular formula is C10H11NO3S. The average molecular weight is 225 g/mol. The Labute approximate surface area is 92.7 Å². The molecule has 0 aromatic heterocycles. The van der Waals surface area contributed by atoms with Crippen LogP contribution in [0.2, 0.25) is 0 Å². The zero-order valence-corrected chi connectivity index (χ0v) is 8.78. The lowest BCUT2D eigenvalue weighted by atomic mass is 10.1. The maximum atomic E-state index is 11.0. The van der Waals surface area contributed by atoms with Crippen LogP contribution in [-0.2, 0) is 9.59 Å². The van der Waals surface area contributed by atoms with E-state index in [9.17, 15) is 9.59 Å². The summed E-state index contributed by atoms with van der Waals surface area (Å²) >= 11 is 3.77. The second-order valence-electron chi connectivity index (χ2n) is 2.91. The van der Waals surface area contributed by atoms with Crippen LogP contribution in [0.3, 0.4) is 0 Å². The SMILES string of the molecule is O=C(CS)N[C@H](C(=O)O)c1ccccc1. The van der Waals surface area contributed by atoms with Gasteiger partial charge in [0, 0.05) is 0 Å². The second-order valence-corrected chi connectivity index (χ2v) is 3.22. The monoisotopic (exact) mass is 225 g/mol. The third-order valence-corrected chi connectivity index (χ3v) is 2.12. The highest BCUT2D eigenvalue weighted by atomic mass is 32.1. The van der Waals surface area contributed by atoms with Gasteiger partial charge in [0.1, 0.15) is 0 Å². The van der Waals surface area contributed by atoms with Crippen molar-refractivity contribution in [2.45, 2.75) is 6.04 Å². The zero-order valence-electron chi connectivity index (χ0n) is 7.88. The molecule has 0 unspecified atom stereocenters. The van der Waals surface area contributed by atoms with E-state index in [0.717, 1.165) is 0 Å². The first-order valence-corrected chi connectivity index (χ1v) is 4.96. The van der Waals surface area contributed by atoms with Crippen LogP contribution < -0.4 is 5.32 Å². The van der Waals surface area contributed by atoms with Gasteiger partial charge < -0.3 is 10.4 Å². The van der Waals surface area contributed by atoms with Crippen LogP contribution in [0.25, 0.3) is 0 Å². The topological polar surface area (TPSA) is 66.4 Å². The molecule has 0 spiro atoms. The largest absolute Gasteiger partial charge is 0.479 e. The summed E-state index contributed by atoms with van der Waals surface area (Å²) in [6.07, 6.45) is 0. The molecule has 1 rings (SSSR count). The Morgan fingerprint density at radius 1 is 1.33 bits per heavy atom. The molecule has 4 nitrogen and oxygen atoms in total. The molecule has 0 aliphatic carbocycles. The summed E-state index contributed by atoms with van der Waals surface area (Å²) in [4.78, 5) is 22.0. The van der Waals surface area contributed by atoms with Crippen LogP contribution in [0, 0.1) is 0 Å². The number of rotatable bonds is 4. The summed E-state index contributed by atoms with van der Waals surface area (Å²) in [5.41, 5.74) is 0.542. The van der Waals surface area contributed by atoms with Gasteiger partial charge in [-0.05, 0) is 5.56 Å². The molecule has 0 saturated carbocycles. The van der Waals surface area contributed by atoms with Gasteiger partial charge in [-0.3, -0.25) is 4.79 Å². The first kappa shape index (κ1) is 11.6. The van der Waals surface area contributed by atoms with Gasteiger partial charge in [-0.2, -0.15) is 12.6 Å². The number of thiol groups is 1. The summed E-state index contributed by atoms with van der Waals surface area (Å²) in [5.74, 6) is -1.53. The minimum Gasteiger partial charge on any atom is -0.479 e. The van der Waals surface area contributed by atoms with Crippen molar-refractivity contribution < 1.29 is 14.7 Å². The van der Waals surface area contributed by atoms with Gasteiger partial charge in [-0.25, -0.2) is 4.79 Å². The van der Waals surface area contributed by atoms with Crippen molar-refractivity contribution in [1.29, 1.82) is 0 Å². The number of amides is 1. The van der Waals surface area contributed by atoms with Crippen LogP contribution in [0.15, 0.2) is 30.3 Å². The first-order chi connectivity index (χ1) is 7.15. The normalized spacial score (nSPS) is 11.8. The number of carboxylic acids is 1. The van der Waals surface area contributed by atoms with Crippen molar-refractivity contribution in [2.24, 2.45) is 0 Å². The molecule has 2 N–H and O–H groups in total. The van der Waals surface area contributed by atoms with Crippen LogP contribution in [0.1, 0.15) is 11.6 Å². The second kappa shape index (κ2) is 5.41. The maximum Gasteiger partial charge on any atom is 0.330 e. The van der Waals surface area contributed by atoms with Crippen molar-refractivity contribution in [2.75, 3.05) is 5.75 Å². The smallest absolute Gasteiger partial charge is 0.330 e. The summed E-state index contributed by atoms with van der Waals surface area (Å²) in [6.45, 7) is 0. The Hall–Kier alpha value is -1.49.